The number of nitrogen functional groups attached to an aromatic ring is 1. The molecule has 0 atom stereocenters. The molecule has 6 aromatic rings. The van der Waals surface area contributed by atoms with Gasteiger partial charge >= 0.3 is 0 Å². The topological polar surface area (TPSA) is 281 Å². The molecule has 3 aliphatic carbocycles. The largest absolute Gasteiger partial charge is 0.494 e. The summed E-state index contributed by atoms with van der Waals surface area (Å²) in [4.78, 5) is 47.6. The van der Waals surface area contributed by atoms with Crippen molar-refractivity contribution in [1.82, 2.24) is 65.3 Å². The van der Waals surface area contributed by atoms with Crippen LogP contribution in [-0.4, -0.2) is 187 Å². The van der Waals surface area contributed by atoms with Crippen LogP contribution in [0.4, 0.5) is 65.9 Å². The van der Waals surface area contributed by atoms with Crippen LogP contribution in [0.25, 0.3) is 0 Å². The molecule has 3 saturated heterocycles. The van der Waals surface area contributed by atoms with E-state index in [-0.39, 0.29) is 77.7 Å². The SMILES string of the molecule is C.C.C.C.C.C.CNC1CCN(C)CC1.COc1ccc(N)cc1F.COc1ccc(Nc2nc(NC3CCCCCC3)nc(N(C)C3CCN(C)CC3)n2)cc1F.COc1ccc(Nc2nc(NC3CCCCCC3)nc(N(C)C3CCNCC3)n2)cc1F.Clc1nc(Cl)nc(Cl)n1.NC1CCCCCC1. The van der Waals surface area contributed by atoms with Crippen LogP contribution < -0.4 is 67.4 Å². The zero-order chi connectivity index (χ0) is 72.5. The molecule has 3 aliphatic heterocycles. The van der Waals surface area contributed by atoms with Crippen molar-refractivity contribution in [1.29, 1.82) is 0 Å². The summed E-state index contributed by atoms with van der Waals surface area (Å²) in [6, 6.07) is 16.5. The number of hydrogen-bond acceptors (Lipinski definition) is 24. The first-order chi connectivity index (χ1) is 48.8. The van der Waals surface area contributed by atoms with Gasteiger partial charge < -0.3 is 77.2 Å². The van der Waals surface area contributed by atoms with Crippen molar-refractivity contribution in [3.8, 4) is 17.2 Å². The maximum absolute atomic E-state index is 14.2. The number of nitrogens with two attached hydrogens (primary N) is 2. The van der Waals surface area contributed by atoms with Gasteiger partial charge in [0.15, 0.2) is 34.7 Å². The Morgan fingerprint density at radius 1 is 0.439 bits per heavy atom. The zero-order valence-corrected chi connectivity index (χ0v) is 62.6. The van der Waals surface area contributed by atoms with E-state index >= 15 is 0 Å². The molecule has 3 aromatic heterocycles. The lowest BCUT2D eigenvalue weighted by Gasteiger charge is -2.35. The minimum Gasteiger partial charge on any atom is -0.494 e. The summed E-state index contributed by atoms with van der Waals surface area (Å²) in [5, 5.41) is 20.1. The molecule has 0 amide bonds. The van der Waals surface area contributed by atoms with Crippen molar-refractivity contribution in [3.63, 3.8) is 0 Å². The second kappa shape index (κ2) is 53.1. The van der Waals surface area contributed by atoms with Gasteiger partial charge in [0.05, 0.1) is 21.3 Å². The quantitative estimate of drug-likeness (QED) is 0.0330. The molecular weight excluding hydrogens is 1430 g/mol. The van der Waals surface area contributed by atoms with E-state index in [9.17, 15) is 13.2 Å². The summed E-state index contributed by atoms with van der Waals surface area (Å²) < 4.78 is 55.8. The van der Waals surface area contributed by atoms with Crippen molar-refractivity contribution in [2.75, 3.05) is 133 Å². The molecule has 606 valence electrons. The number of benzene rings is 3. The number of hydrogen-bond donors (Lipinski definition) is 8. The van der Waals surface area contributed by atoms with E-state index in [1.807, 2.05) is 7.05 Å². The Labute approximate surface area is 655 Å². The average molecular weight is 1560 g/mol. The van der Waals surface area contributed by atoms with Gasteiger partial charge in [0.2, 0.25) is 51.5 Å². The van der Waals surface area contributed by atoms with Crippen molar-refractivity contribution >= 4 is 87.6 Å². The number of nitrogens with one attached hydrogen (secondary N) is 6. The fourth-order valence-electron chi connectivity index (χ4n) is 12.7. The molecule has 3 aromatic carbocycles. The molecule has 0 spiro atoms. The lowest BCUT2D eigenvalue weighted by Crippen LogP contribution is -2.42. The molecule has 107 heavy (non-hydrogen) atoms. The molecule has 6 fully saturated rings. The number of nitrogens with zero attached hydrogens (tertiary/aromatic N) is 13. The van der Waals surface area contributed by atoms with Gasteiger partial charge in [-0.15, -0.1) is 0 Å². The van der Waals surface area contributed by atoms with Gasteiger partial charge in [-0.3, -0.25) is 0 Å². The third-order valence-electron chi connectivity index (χ3n) is 18.9. The minimum atomic E-state index is -0.435. The molecule has 0 unspecified atom stereocenters. The van der Waals surface area contributed by atoms with Crippen LogP contribution in [0.1, 0.15) is 199 Å². The van der Waals surface area contributed by atoms with Gasteiger partial charge in [0, 0.05) is 85.6 Å². The van der Waals surface area contributed by atoms with E-state index in [4.69, 9.17) is 70.7 Å². The lowest BCUT2D eigenvalue weighted by atomic mass is 10.0. The molecule has 0 bridgehead atoms. The van der Waals surface area contributed by atoms with Crippen LogP contribution in [-0.2, 0) is 0 Å². The monoisotopic (exact) mass is 1560 g/mol. The Balaban J connectivity index is 0.000000707. The highest BCUT2D eigenvalue weighted by atomic mass is 35.5. The van der Waals surface area contributed by atoms with E-state index in [1.165, 1.54) is 161 Å². The van der Waals surface area contributed by atoms with E-state index in [0.29, 0.717) is 83.0 Å². The van der Waals surface area contributed by atoms with Gasteiger partial charge in [-0.05, 0) is 209 Å². The summed E-state index contributed by atoms with van der Waals surface area (Å²) in [5.74, 6) is 2.53. The molecule has 24 nitrogen and oxygen atoms in total. The fraction of sp³-hybridized carbons (Fsp3) is 0.649. The molecule has 3 saturated carbocycles. The number of likely N-dealkylation sites (tertiary alicyclic amines) is 2. The third-order valence-corrected chi connectivity index (χ3v) is 19.4. The molecule has 30 heteroatoms. The zero-order valence-electron chi connectivity index (χ0n) is 60.3. The van der Waals surface area contributed by atoms with Gasteiger partial charge in [-0.1, -0.05) is 122 Å². The van der Waals surface area contributed by atoms with Crippen LogP contribution in [0.2, 0.25) is 15.9 Å². The second-order valence-electron chi connectivity index (χ2n) is 26.6. The van der Waals surface area contributed by atoms with Gasteiger partial charge in [0.1, 0.15) is 0 Å². The summed E-state index contributed by atoms with van der Waals surface area (Å²) in [7, 11) is 14.8. The molecule has 6 heterocycles. The summed E-state index contributed by atoms with van der Waals surface area (Å²) in [6.45, 7) is 6.61. The number of rotatable bonds is 16. The van der Waals surface area contributed by atoms with Crippen LogP contribution in [0.15, 0.2) is 54.6 Å². The Kier molecular flexibility index (Phi) is 48.7. The number of ether oxygens (including phenoxy) is 3. The number of anilines is 9. The second-order valence-corrected chi connectivity index (χ2v) is 27.6. The molecular formula is C77H133Cl3F3N21O3. The Hall–Kier alpha value is -6.85. The maximum Gasteiger partial charge on any atom is 0.233 e. The lowest BCUT2D eigenvalue weighted by molar-refractivity contribution is 0.240. The van der Waals surface area contributed by atoms with Crippen LogP contribution in [0.5, 0.6) is 17.2 Å². The Morgan fingerprint density at radius 3 is 1.13 bits per heavy atom. The number of halogens is 6. The number of aromatic nitrogens is 9. The predicted molar refractivity (Wildman–Crippen MR) is 443 cm³/mol. The van der Waals surface area contributed by atoms with Gasteiger partial charge in [-0.2, -0.15) is 44.9 Å². The predicted octanol–water partition coefficient (Wildman–Crippen LogP) is 17.5. The van der Waals surface area contributed by atoms with Crippen molar-refractivity contribution in [2.24, 2.45) is 5.73 Å². The standard InChI is InChI=1S/C24H36FN7O.C23H34FN7O.C7H8FNO.C7H16N2.C7H15N.C3Cl3N3.6CH4/c1-31-14-12-19(13-15-31)32(2)24-29-22(26-17-8-6-4-5-7-9-17)28-23(30-24)27-18-10-11-21(33-3)20(25)16-18;1-31(18-11-13-25-14-12-18)23-29-21(26-16-7-5-3-4-6-8-16)28-22(30-23)27-17-9-10-20(32-2)19(24)15-17;1-10-7-3-2-5(9)4-6(7)8;1-8-7-3-5-9(2)6-4-7;8-7-5-3-1-2-4-6-7;4-1-7-2(5)9-3(6)8-1;;;;;;/h10-11,16-17,19H,4-9,12-15H2,1-3H3,(H2,26,27,28,29,30);9-10,15-16,18,25H,3-8,11-14H2,1-2H3,(H2,26,27,28,29,30);2-4H,9H2,1H3;7-8H,3-6H2,1-2H3;7H,1-6,8H2;;6*1H4. The van der Waals surface area contributed by atoms with Crippen molar-refractivity contribution in [3.05, 3.63) is 87.9 Å². The highest BCUT2D eigenvalue weighted by Gasteiger charge is 2.26. The highest BCUT2D eigenvalue weighted by Crippen LogP contribution is 2.30. The minimum absolute atomic E-state index is 0. The smallest absolute Gasteiger partial charge is 0.233 e. The molecule has 12 rings (SSSR count). The summed E-state index contributed by atoms with van der Waals surface area (Å²) in [5.41, 5.74) is 12.5. The van der Waals surface area contributed by atoms with Gasteiger partial charge in [-0.25, -0.2) is 13.2 Å². The normalized spacial score (nSPS) is 16.8. The summed E-state index contributed by atoms with van der Waals surface area (Å²) in [6.07, 6.45) is 29.4. The number of methoxy groups -OCH3 is 3. The van der Waals surface area contributed by atoms with Crippen LogP contribution in [0, 0.1) is 17.5 Å². The number of piperidine rings is 3. The fourth-order valence-corrected chi connectivity index (χ4v) is 13.4. The Morgan fingerprint density at radius 2 is 0.776 bits per heavy atom. The maximum atomic E-state index is 14.2. The van der Waals surface area contributed by atoms with E-state index < -0.39 is 17.5 Å². The summed E-state index contributed by atoms with van der Waals surface area (Å²) >= 11 is 16.0. The Bertz CT molecular complexity index is 3310. The van der Waals surface area contributed by atoms with Crippen molar-refractivity contribution < 1.29 is 27.4 Å². The van der Waals surface area contributed by atoms with E-state index in [0.717, 1.165) is 83.6 Å². The van der Waals surface area contributed by atoms with E-state index in [2.05, 4.69) is 114 Å². The van der Waals surface area contributed by atoms with Crippen molar-refractivity contribution in [2.45, 2.75) is 235 Å². The van der Waals surface area contributed by atoms with Gasteiger partial charge in [0.25, 0.3) is 0 Å². The first-order valence-corrected chi connectivity index (χ1v) is 37.0. The van der Waals surface area contributed by atoms with Crippen LogP contribution >= 0.6 is 34.8 Å². The molecule has 6 aliphatic rings. The van der Waals surface area contributed by atoms with E-state index in [1.54, 1.807) is 30.3 Å². The third kappa shape index (κ3) is 35.2. The first-order valence-electron chi connectivity index (χ1n) is 35.8. The molecule has 10 N–H and O–H groups in total. The average Bonchev–Trinajstić information content (AvgIpc) is 1.53. The van der Waals surface area contributed by atoms with Crippen LogP contribution in [0.3, 0.4) is 0 Å². The molecule has 0 radical (unpaired) electrons. The highest BCUT2D eigenvalue weighted by molar-refractivity contribution is 6.33. The first kappa shape index (κ1) is 98.2.